The zero-order valence-corrected chi connectivity index (χ0v) is 18.9. The van der Waals surface area contributed by atoms with Crippen LogP contribution in [0.5, 0.6) is 5.75 Å². The van der Waals surface area contributed by atoms with Crippen LogP contribution >= 0.6 is 11.8 Å². The fraction of sp³-hybridized carbons (Fsp3) is 0.182. The molecule has 0 saturated carbocycles. The number of para-hydroxylation sites is 1. The Balaban J connectivity index is 1.55. The van der Waals surface area contributed by atoms with E-state index >= 15 is 0 Å². The summed E-state index contributed by atoms with van der Waals surface area (Å²) in [6, 6.07) is 13.9. The third-order valence-electron chi connectivity index (χ3n) is 4.47. The topological polar surface area (TPSA) is 125 Å². The molecule has 0 aliphatic heterocycles. The van der Waals surface area contributed by atoms with E-state index in [9.17, 15) is 14.9 Å². The number of nitrogens with one attached hydrogen (secondary N) is 1. The number of nitrogens with zero attached hydrogens (tertiary/aromatic N) is 5. The predicted octanol–water partition coefficient (Wildman–Crippen LogP) is 3.79. The number of nitro benzene ring substituents is 1. The van der Waals surface area contributed by atoms with Crippen molar-refractivity contribution < 1.29 is 14.5 Å². The maximum absolute atomic E-state index is 12.1. The van der Waals surface area contributed by atoms with Gasteiger partial charge in [-0.25, -0.2) is 5.43 Å². The molecule has 0 radical (unpaired) electrons. The maximum atomic E-state index is 12.1. The number of allylic oxidation sites excluding steroid dienone is 1. The number of thioether (sulfide) groups is 1. The Kier molecular flexibility index (Phi) is 8.30. The highest BCUT2D eigenvalue weighted by atomic mass is 32.2. The largest absolute Gasteiger partial charge is 0.497 e. The number of amides is 1. The van der Waals surface area contributed by atoms with Gasteiger partial charge in [-0.05, 0) is 49.4 Å². The van der Waals surface area contributed by atoms with Crippen LogP contribution in [0.15, 0.2) is 64.9 Å². The van der Waals surface area contributed by atoms with Gasteiger partial charge in [-0.1, -0.05) is 23.9 Å². The lowest BCUT2D eigenvalue weighted by Gasteiger charge is -2.07. The molecule has 1 N–H and O–H groups in total. The normalized spacial score (nSPS) is 11.2. The first kappa shape index (κ1) is 23.7. The number of carbonyl (C=O) groups is 1. The molecule has 0 aliphatic carbocycles. The van der Waals surface area contributed by atoms with Crippen LogP contribution in [0.25, 0.3) is 17.5 Å². The Labute approximate surface area is 194 Å². The molecule has 0 unspecified atom stereocenters. The van der Waals surface area contributed by atoms with E-state index in [0.29, 0.717) is 23.1 Å². The number of carbonyl (C=O) groups excluding carboxylic acids is 1. The number of nitro groups is 1. The number of rotatable bonds is 10. The highest BCUT2D eigenvalue weighted by Crippen LogP contribution is 2.25. The lowest BCUT2D eigenvalue weighted by atomic mass is 10.2. The third kappa shape index (κ3) is 6.26. The van der Waals surface area contributed by atoms with Crippen LogP contribution in [0.3, 0.4) is 0 Å². The fourth-order valence-corrected chi connectivity index (χ4v) is 3.68. The molecule has 3 aromatic rings. The molecule has 33 heavy (non-hydrogen) atoms. The third-order valence-corrected chi connectivity index (χ3v) is 5.44. The van der Waals surface area contributed by atoms with Crippen LogP contribution in [-0.2, 0) is 11.3 Å². The molecule has 2 aromatic carbocycles. The van der Waals surface area contributed by atoms with E-state index in [2.05, 4.69) is 20.7 Å². The van der Waals surface area contributed by atoms with E-state index in [0.717, 1.165) is 11.3 Å². The highest BCUT2D eigenvalue weighted by molar-refractivity contribution is 7.99. The van der Waals surface area contributed by atoms with Gasteiger partial charge in [0.1, 0.15) is 5.75 Å². The van der Waals surface area contributed by atoms with Crippen molar-refractivity contribution in [1.82, 2.24) is 20.2 Å². The van der Waals surface area contributed by atoms with E-state index in [1.165, 1.54) is 30.1 Å². The van der Waals surface area contributed by atoms with Crippen LogP contribution in [0.2, 0.25) is 0 Å². The first-order chi connectivity index (χ1) is 16.0. The summed E-state index contributed by atoms with van der Waals surface area (Å²) in [6.07, 6.45) is 4.42. The molecule has 0 atom stereocenters. The number of aromatic nitrogens is 3. The van der Waals surface area contributed by atoms with E-state index in [1.54, 1.807) is 31.4 Å². The van der Waals surface area contributed by atoms with Gasteiger partial charge < -0.3 is 9.30 Å². The minimum Gasteiger partial charge on any atom is -0.497 e. The number of hydrogen-bond acceptors (Lipinski definition) is 8. The number of hydrazone groups is 1. The van der Waals surface area contributed by atoms with Gasteiger partial charge in [-0.2, -0.15) is 5.10 Å². The number of methoxy groups -OCH3 is 1. The Morgan fingerprint density at radius 2 is 2.00 bits per heavy atom. The van der Waals surface area contributed by atoms with Gasteiger partial charge in [0.15, 0.2) is 11.0 Å². The summed E-state index contributed by atoms with van der Waals surface area (Å²) in [5.41, 5.74) is 3.76. The minimum absolute atomic E-state index is 0.00312. The molecule has 3 rings (SSSR count). The number of ether oxygens (including phenoxy) is 1. The maximum Gasteiger partial charge on any atom is 0.276 e. The summed E-state index contributed by atoms with van der Waals surface area (Å²) >= 11 is 1.25. The van der Waals surface area contributed by atoms with Gasteiger partial charge in [0.05, 0.1) is 23.3 Å². The van der Waals surface area contributed by atoms with E-state index in [4.69, 9.17) is 4.74 Å². The van der Waals surface area contributed by atoms with Crippen LogP contribution in [-0.4, -0.2) is 44.7 Å². The smallest absolute Gasteiger partial charge is 0.276 e. The first-order valence-corrected chi connectivity index (χ1v) is 10.9. The van der Waals surface area contributed by atoms with Crippen LogP contribution in [0.4, 0.5) is 5.69 Å². The molecule has 0 saturated heterocycles. The molecule has 0 fully saturated rings. The van der Waals surface area contributed by atoms with Gasteiger partial charge in [0, 0.05) is 24.4 Å². The van der Waals surface area contributed by atoms with Crippen molar-refractivity contribution >= 4 is 35.6 Å². The molecule has 10 nitrogen and oxygen atoms in total. The zero-order chi connectivity index (χ0) is 23.6. The Morgan fingerprint density at radius 1 is 1.24 bits per heavy atom. The summed E-state index contributed by atoms with van der Waals surface area (Å²) in [5, 5.41) is 23.9. The van der Waals surface area contributed by atoms with Crippen molar-refractivity contribution in [2.45, 2.75) is 18.6 Å². The van der Waals surface area contributed by atoms with Crippen molar-refractivity contribution in [3.05, 3.63) is 70.3 Å². The quantitative estimate of drug-likeness (QED) is 0.209. The second kappa shape index (κ2) is 11.6. The summed E-state index contributed by atoms with van der Waals surface area (Å²) in [4.78, 5) is 22.7. The number of hydrogen-bond donors (Lipinski definition) is 1. The summed E-state index contributed by atoms with van der Waals surface area (Å²) in [7, 11) is 1.61. The van der Waals surface area contributed by atoms with Crippen molar-refractivity contribution in [3.8, 4) is 17.1 Å². The van der Waals surface area contributed by atoms with E-state index in [-0.39, 0.29) is 17.3 Å². The van der Waals surface area contributed by atoms with Gasteiger partial charge >= 0.3 is 0 Å². The summed E-state index contributed by atoms with van der Waals surface area (Å²) in [6.45, 7) is 2.63. The van der Waals surface area contributed by atoms with Crippen LogP contribution in [0.1, 0.15) is 12.5 Å². The zero-order valence-electron chi connectivity index (χ0n) is 18.0. The molecular formula is C22H22N6O4S. The minimum atomic E-state index is -0.453. The molecule has 1 heterocycles. The highest BCUT2D eigenvalue weighted by Gasteiger charge is 2.14. The molecule has 0 bridgehead atoms. The van der Waals surface area contributed by atoms with Gasteiger partial charge in [-0.15, -0.1) is 10.2 Å². The molecule has 170 valence electrons. The van der Waals surface area contributed by atoms with Gasteiger partial charge in [0.2, 0.25) is 0 Å². The van der Waals surface area contributed by atoms with Crippen molar-refractivity contribution in [2.75, 3.05) is 12.9 Å². The summed E-state index contributed by atoms with van der Waals surface area (Å²) < 4.78 is 7.11. The fourth-order valence-electron chi connectivity index (χ4n) is 2.89. The average Bonchev–Trinajstić information content (AvgIpc) is 3.25. The van der Waals surface area contributed by atoms with Crippen molar-refractivity contribution in [3.63, 3.8) is 0 Å². The lowest BCUT2D eigenvalue weighted by molar-refractivity contribution is -0.385. The molecule has 0 spiro atoms. The number of benzene rings is 2. The monoisotopic (exact) mass is 466 g/mol. The Bertz CT molecular complexity index is 1170. The SMILES string of the molecule is CCn1c(SCC(=O)NN=CC=Cc2ccccc2[N+](=O)[O-])nnc1-c1ccc(OC)cc1. The Morgan fingerprint density at radius 3 is 2.70 bits per heavy atom. The van der Waals surface area contributed by atoms with Gasteiger partial charge in [0.25, 0.3) is 11.6 Å². The Hall–Kier alpha value is -3.99. The molecule has 0 aliphatic rings. The second-order valence-corrected chi connectivity index (χ2v) is 7.50. The standard InChI is InChI=1S/C22H22N6O4S/c1-3-27-21(17-10-12-18(32-2)13-11-17)25-26-22(27)33-15-20(29)24-23-14-6-8-16-7-4-5-9-19(16)28(30)31/h4-14H,3,15H2,1-2H3,(H,24,29). The van der Waals surface area contributed by atoms with E-state index in [1.807, 2.05) is 35.8 Å². The van der Waals surface area contributed by atoms with E-state index < -0.39 is 4.92 Å². The van der Waals surface area contributed by atoms with Crippen molar-refractivity contribution in [1.29, 1.82) is 0 Å². The molecular weight excluding hydrogens is 444 g/mol. The molecule has 1 aromatic heterocycles. The predicted molar refractivity (Wildman–Crippen MR) is 127 cm³/mol. The van der Waals surface area contributed by atoms with Gasteiger partial charge in [-0.3, -0.25) is 14.9 Å². The molecule has 1 amide bonds. The first-order valence-electron chi connectivity index (χ1n) is 9.96. The van der Waals surface area contributed by atoms with Crippen molar-refractivity contribution in [2.24, 2.45) is 5.10 Å². The summed E-state index contributed by atoms with van der Waals surface area (Å²) in [5.74, 6) is 1.25. The lowest BCUT2D eigenvalue weighted by Crippen LogP contribution is -2.19. The second-order valence-electron chi connectivity index (χ2n) is 6.56. The van der Waals surface area contributed by atoms with Crippen LogP contribution < -0.4 is 10.2 Å². The molecule has 11 heteroatoms. The average molecular weight is 467 g/mol. The van der Waals surface area contributed by atoms with Crippen LogP contribution in [0, 0.1) is 10.1 Å².